The molecule has 3 amide bonds. The van der Waals surface area contributed by atoms with Crippen LogP contribution in [0.5, 0.6) is 0 Å². The average molecular weight is 265 g/mol. The normalized spacial score (nSPS) is 16.2. The smallest absolute Gasteiger partial charge is 0.318 e. The number of nitrogens with one attached hydrogen (secondary N) is 1. The lowest BCUT2D eigenvalue weighted by atomic mass is 10.1. The Kier molecular flexibility index (Phi) is 7.10. The molecule has 1 unspecified atom stereocenters. The van der Waals surface area contributed by atoms with Gasteiger partial charge in [0, 0.05) is 25.6 Å². The van der Waals surface area contributed by atoms with Crippen LogP contribution in [-0.2, 0) is 4.79 Å². The predicted octanol–water partition coefficient (Wildman–Crippen LogP) is -0.338. The molecule has 0 spiro atoms. The van der Waals surface area contributed by atoms with Crippen molar-refractivity contribution in [1.29, 1.82) is 0 Å². The largest absolute Gasteiger partial charge is 0.351 e. The van der Waals surface area contributed by atoms with Crippen LogP contribution in [0.25, 0.3) is 0 Å². The van der Waals surface area contributed by atoms with E-state index in [1.807, 2.05) is 12.4 Å². The van der Waals surface area contributed by atoms with E-state index in [4.69, 9.17) is 11.5 Å². The second kappa shape index (κ2) is 7.47. The first-order chi connectivity index (χ1) is 7.54. The van der Waals surface area contributed by atoms with Crippen molar-refractivity contribution in [3.63, 3.8) is 0 Å². The molecule has 0 aromatic rings. The molecule has 7 heteroatoms. The highest BCUT2D eigenvalue weighted by molar-refractivity contribution is 5.93. The van der Waals surface area contributed by atoms with Gasteiger partial charge in [0.15, 0.2) is 0 Å². The molecule has 1 saturated carbocycles. The summed E-state index contributed by atoms with van der Waals surface area (Å²) in [6, 6.07) is -0.452. The topological polar surface area (TPSA) is 101 Å². The molecule has 0 aromatic heterocycles. The molecule has 0 aromatic carbocycles. The summed E-state index contributed by atoms with van der Waals surface area (Å²) in [6.07, 6.45) is 2.71. The van der Waals surface area contributed by atoms with Gasteiger partial charge in [-0.2, -0.15) is 0 Å². The van der Waals surface area contributed by atoms with E-state index in [-0.39, 0.29) is 24.7 Å². The van der Waals surface area contributed by atoms with Crippen LogP contribution in [-0.4, -0.2) is 43.0 Å². The second-order valence-electron chi connectivity index (χ2n) is 4.28. The van der Waals surface area contributed by atoms with E-state index < -0.39 is 6.03 Å². The molecule has 1 rings (SSSR count). The maximum atomic E-state index is 11.2. The maximum absolute atomic E-state index is 11.2. The highest BCUT2D eigenvalue weighted by atomic mass is 35.5. The number of primary amides is 1. The van der Waals surface area contributed by atoms with E-state index in [0.717, 1.165) is 0 Å². The van der Waals surface area contributed by atoms with E-state index in [0.29, 0.717) is 25.0 Å². The van der Waals surface area contributed by atoms with Gasteiger partial charge in [-0.25, -0.2) is 4.79 Å². The van der Waals surface area contributed by atoms with Crippen molar-refractivity contribution in [2.24, 2.45) is 17.4 Å². The maximum Gasteiger partial charge on any atom is 0.318 e. The van der Waals surface area contributed by atoms with Crippen molar-refractivity contribution in [1.82, 2.24) is 10.2 Å². The van der Waals surface area contributed by atoms with Crippen LogP contribution >= 0.6 is 12.4 Å². The van der Waals surface area contributed by atoms with Crippen LogP contribution in [0.15, 0.2) is 0 Å². The first kappa shape index (κ1) is 16.1. The molecule has 0 bridgehead atoms. The van der Waals surface area contributed by atoms with Gasteiger partial charge in [-0.05, 0) is 25.8 Å². The fraction of sp³-hybridized carbons (Fsp3) is 0.800. The van der Waals surface area contributed by atoms with Crippen molar-refractivity contribution in [3.05, 3.63) is 0 Å². The van der Waals surface area contributed by atoms with Gasteiger partial charge in [0.2, 0.25) is 5.91 Å². The molecular weight excluding hydrogens is 244 g/mol. The Balaban J connectivity index is 0.00000256. The Hall–Kier alpha value is -0.850. The van der Waals surface area contributed by atoms with Gasteiger partial charge >= 0.3 is 6.03 Å². The summed E-state index contributed by atoms with van der Waals surface area (Å²) in [5.41, 5.74) is 10.5. The Morgan fingerprint density at radius 2 is 2.06 bits per heavy atom. The van der Waals surface area contributed by atoms with E-state index in [2.05, 4.69) is 4.90 Å². The number of nitrogens with two attached hydrogens (primary N) is 2. The third kappa shape index (κ3) is 5.86. The summed E-state index contributed by atoms with van der Waals surface area (Å²) in [7, 11) is 1.95. The minimum Gasteiger partial charge on any atom is -0.351 e. The SMILES string of the molecule is CN(CCC(=O)NC(N)=O)C(CN)C1CC1.Cl. The van der Waals surface area contributed by atoms with E-state index >= 15 is 0 Å². The molecule has 1 atom stereocenters. The standard InChI is InChI=1S/C10H20N4O2.ClH/c1-14(8(6-11)7-2-3-7)5-4-9(15)13-10(12)16;/h7-8H,2-6,11H2,1H3,(H3,12,13,15,16);1H. The lowest BCUT2D eigenvalue weighted by molar-refractivity contribution is -0.120. The highest BCUT2D eigenvalue weighted by Crippen LogP contribution is 2.34. The van der Waals surface area contributed by atoms with E-state index in [1.54, 1.807) is 0 Å². The molecule has 1 aliphatic carbocycles. The minimum atomic E-state index is -0.801. The third-order valence-electron chi connectivity index (χ3n) is 2.93. The van der Waals surface area contributed by atoms with Crippen LogP contribution in [0, 0.1) is 5.92 Å². The van der Waals surface area contributed by atoms with Gasteiger partial charge in [-0.3, -0.25) is 10.1 Å². The molecule has 100 valence electrons. The van der Waals surface area contributed by atoms with Gasteiger partial charge in [-0.15, -0.1) is 12.4 Å². The number of imide groups is 1. The van der Waals surface area contributed by atoms with E-state index in [9.17, 15) is 9.59 Å². The van der Waals surface area contributed by atoms with Crippen LogP contribution in [0.1, 0.15) is 19.3 Å². The summed E-state index contributed by atoms with van der Waals surface area (Å²) in [5.74, 6) is 0.333. The lowest BCUT2D eigenvalue weighted by Gasteiger charge is -2.26. The van der Waals surface area contributed by atoms with Crippen LogP contribution in [0.4, 0.5) is 4.79 Å². The number of urea groups is 1. The zero-order chi connectivity index (χ0) is 12.1. The second-order valence-corrected chi connectivity index (χ2v) is 4.28. The number of carbonyl (C=O) groups excluding carboxylic acids is 2. The van der Waals surface area contributed by atoms with Crippen molar-refractivity contribution in [2.75, 3.05) is 20.1 Å². The van der Waals surface area contributed by atoms with Crippen molar-refractivity contribution in [3.8, 4) is 0 Å². The number of hydrogen-bond acceptors (Lipinski definition) is 4. The molecule has 0 saturated heterocycles. The molecule has 0 heterocycles. The molecule has 17 heavy (non-hydrogen) atoms. The fourth-order valence-electron chi connectivity index (χ4n) is 1.86. The average Bonchev–Trinajstić information content (AvgIpc) is 2.99. The van der Waals surface area contributed by atoms with Gasteiger partial charge in [0.25, 0.3) is 0 Å². The van der Waals surface area contributed by atoms with Crippen LogP contribution < -0.4 is 16.8 Å². The molecule has 0 aliphatic heterocycles. The molecule has 1 aliphatic rings. The molecule has 6 nitrogen and oxygen atoms in total. The number of halogens is 1. The summed E-state index contributed by atoms with van der Waals surface area (Å²) in [5, 5.41) is 2.04. The number of rotatable bonds is 6. The Labute approximate surface area is 107 Å². The van der Waals surface area contributed by atoms with Crippen molar-refractivity contribution >= 4 is 24.3 Å². The quantitative estimate of drug-likeness (QED) is 0.611. The lowest BCUT2D eigenvalue weighted by Crippen LogP contribution is -2.42. The summed E-state index contributed by atoms with van der Waals surface area (Å²) >= 11 is 0. The fourth-order valence-corrected chi connectivity index (χ4v) is 1.86. The number of likely N-dealkylation sites (N-methyl/N-ethyl adjacent to an activating group) is 1. The van der Waals surface area contributed by atoms with Gasteiger partial charge in [0.1, 0.15) is 0 Å². The zero-order valence-corrected chi connectivity index (χ0v) is 10.8. The van der Waals surface area contributed by atoms with Crippen molar-refractivity contribution < 1.29 is 9.59 Å². The first-order valence-electron chi connectivity index (χ1n) is 5.54. The Bertz CT molecular complexity index is 271. The van der Waals surface area contributed by atoms with E-state index in [1.165, 1.54) is 12.8 Å². The molecular formula is C10H21ClN4O2. The van der Waals surface area contributed by atoms with Gasteiger partial charge in [-0.1, -0.05) is 0 Å². The van der Waals surface area contributed by atoms with Crippen LogP contribution in [0.2, 0.25) is 0 Å². The van der Waals surface area contributed by atoms with Gasteiger partial charge < -0.3 is 16.4 Å². The molecule has 0 radical (unpaired) electrons. The number of carbonyl (C=O) groups is 2. The third-order valence-corrected chi connectivity index (χ3v) is 2.93. The first-order valence-corrected chi connectivity index (χ1v) is 5.54. The Morgan fingerprint density at radius 1 is 1.47 bits per heavy atom. The van der Waals surface area contributed by atoms with Crippen LogP contribution in [0.3, 0.4) is 0 Å². The molecule has 5 N–H and O–H groups in total. The zero-order valence-electron chi connectivity index (χ0n) is 10.0. The summed E-state index contributed by atoms with van der Waals surface area (Å²) < 4.78 is 0. The minimum absolute atomic E-state index is 0. The number of nitrogens with zero attached hydrogens (tertiary/aromatic N) is 1. The summed E-state index contributed by atoms with van der Waals surface area (Å²) in [6.45, 7) is 1.20. The van der Waals surface area contributed by atoms with Crippen molar-refractivity contribution in [2.45, 2.75) is 25.3 Å². The Morgan fingerprint density at radius 3 is 2.47 bits per heavy atom. The number of amides is 3. The number of hydrogen-bond donors (Lipinski definition) is 3. The highest BCUT2D eigenvalue weighted by Gasteiger charge is 2.32. The van der Waals surface area contributed by atoms with Gasteiger partial charge in [0.05, 0.1) is 0 Å². The predicted molar refractivity (Wildman–Crippen MR) is 67.8 cm³/mol. The summed E-state index contributed by atoms with van der Waals surface area (Å²) in [4.78, 5) is 23.7. The molecule has 1 fully saturated rings. The monoisotopic (exact) mass is 264 g/mol.